The van der Waals surface area contributed by atoms with Crippen LogP contribution < -0.4 is 5.32 Å². The van der Waals surface area contributed by atoms with Crippen molar-refractivity contribution < 1.29 is 13.2 Å². The Morgan fingerprint density at radius 3 is 2.86 bits per heavy atom. The van der Waals surface area contributed by atoms with Gasteiger partial charge < -0.3 is 10.1 Å². The van der Waals surface area contributed by atoms with Crippen LogP contribution in [0.4, 0.5) is 0 Å². The molecule has 1 N–H and O–H groups in total. The van der Waals surface area contributed by atoms with E-state index in [9.17, 15) is 8.42 Å². The van der Waals surface area contributed by atoms with Crippen molar-refractivity contribution in [1.29, 1.82) is 0 Å². The van der Waals surface area contributed by atoms with Crippen molar-refractivity contribution in [2.45, 2.75) is 32.4 Å². The molecule has 0 amide bonds. The molecule has 1 heterocycles. The molecule has 4 nitrogen and oxygen atoms in total. The van der Waals surface area contributed by atoms with Crippen LogP contribution in [0.25, 0.3) is 0 Å². The molecule has 21 heavy (non-hydrogen) atoms. The molecule has 0 aromatic heterocycles. The van der Waals surface area contributed by atoms with Gasteiger partial charge in [-0.05, 0) is 36.4 Å². The van der Waals surface area contributed by atoms with E-state index in [-0.39, 0.29) is 12.0 Å². The zero-order valence-electron chi connectivity index (χ0n) is 12.8. The van der Waals surface area contributed by atoms with Crippen molar-refractivity contribution in [2.24, 2.45) is 5.92 Å². The summed E-state index contributed by atoms with van der Waals surface area (Å²) in [5, 5.41) is 3.53. The number of rotatable bonds is 7. The molecule has 2 rings (SSSR count). The van der Waals surface area contributed by atoms with E-state index in [1.54, 1.807) is 7.11 Å². The molecule has 1 aliphatic rings. The summed E-state index contributed by atoms with van der Waals surface area (Å²) in [4.78, 5) is 0. The maximum absolute atomic E-state index is 11.8. The van der Waals surface area contributed by atoms with Crippen LogP contribution in [0.15, 0.2) is 24.3 Å². The van der Waals surface area contributed by atoms with Crippen LogP contribution >= 0.6 is 0 Å². The predicted molar refractivity (Wildman–Crippen MR) is 85.0 cm³/mol. The lowest BCUT2D eigenvalue weighted by atomic mass is 9.91. The van der Waals surface area contributed by atoms with E-state index in [0.717, 1.165) is 24.9 Å². The highest BCUT2D eigenvalue weighted by atomic mass is 32.2. The van der Waals surface area contributed by atoms with E-state index >= 15 is 0 Å². The second-order valence-electron chi connectivity index (χ2n) is 5.77. The maximum Gasteiger partial charge on any atom is 0.150 e. The van der Waals surface area contributed by atoms with Gasteiger partial charge in [-0.3, -0.25) is 0 Å². The Morgan fingerprint density at radius 1 is 1.43 bits per heavy atom. The highest BCUT2D eigenvalue weighted by molar-refractivity contribution is 7.91. The Hall–Kier alpha value is -0.910. The van der Waals surface area contributed by atoms with Crippen molar-refractivity contribution in [2.75, 3.05) is 25.2 Å². The van der Waals surface area contributed by atoms with Gasteiger partial charge in [-0.1, -0.05) is 31.2 Å². The number of nitrogens with one attached hydrogen (secondary N) is 1. The molecular formula is C16H25NO3S. The van der Waals surface area contributed by atoms with E-state index in [2.05, 4.69) is 24.4 Å². The fourth-order valence-electron chi connectivity index (χ4n) is 2.99. The molecular weight excluding hydrogens is 286 g/mol. The van der Waals surface area contributed by atoms with Gasteiger partial charge in [0.05, 0.1) is 18.1 Å². The zero-order valence-corrected chi connectivity index (χ0v) is 13.7. The van der Waals surface area contributed by atoms with Gasteiger partial charge in [0.15, 0.2) is 9.84 Å². The molecule has 1 saturated heterocycles. The van der Waals surface area contributed by atoms with Crippen LogP contribution in [0.3, 0.4) is 0 Å². The Bertz CT molecular complexity index is 556. The molecule has 2 unspecified atom stereocenters. The van der Waals surface area contributed by atoms with Gasteiger partial charge in [0, 0.05) is 13.2 Å². The highest BCUT2D eigenvalue weighted by Gasteiger charge is 2.34. The Kier molecular flexibility index (Phi) is 5.79. The van der Waals surface area contributed by atoms with E-state index in [1.807, 2.05) is 12.1 Å². The van der Waals surface area contributed by atoms with Crippen LogP contribution in [0.5, 0.6) is 0 Å². The van der Waals surface area contributed by atoms with Gasteiger partial charge in [-0.15, -0.1) is 0 Å². The first-order valence-corrected chi connectivity index (χ1v) is 9.39. The average molecular weight is 311 g/mol. The third-order valence-corrected chi connectivity index (χ3v) is 5.77. The average Bonchev–Trinajstić information content (AvgIpc) is 2.80. The number of sulfone groups is 1. The number of benzene rings is 1. The Balaban J connectivity index is 2.21. The first-order chi connectivity index (χ1) is 10.1. The largest absolute Gasteiger partial charge is 0.380 e. The molecule has 1 aliphatic heterocycles. The van der Waals surface area contributed by atoms with Crippen molar-refractivity contribution in [3.05, 3.63) is 35.4 Å². The smallest absolute Gasteiger partial charge is 0.150 e. The monoisotopic (exact) mass is 311 g/mol. The molecule has 1 aromatic carbocycles. The second-order valence-corrected chi connectivity index (χ2v) is 8.00. The fraction of sp³-hybridized carbons (Fsp3) is 0.625. The predicted octanol–water partition coefficient (Wildman–Crippen LogP) is 2.31. The normalized spacial score (nSPS) is 22.3. The number of hydrogen-bond acceptors (Lipinski definition) is 4. The maximum atomic E-state index is 11.8. The van der Waals surface area contributed by atoms with E-state index in [1.165, 1.54) is 5.56 Å². The molecule has 0 saturated carbocycles. The molecule has 0 bridgehead atoms. The van der Waals surface area contributed by atoms with Crippen molar-refractivity contribution >= 4 is 9.84 Å². The van der Waals surface area contributed by atoms with Crippen molar-refractivity contribution in [3.63, 3.8) is 0 Å². The van der Waals surface area contributed by atoms with Gasteiger partial charge >= 0.3 is 0 Å². The lowest BCUT2D eigenvalue weighted by molar-refractivity contribution is 0.184. The molecule has 2 atom stereocenters. The van der Waals surface area contributed by atoms with Crippen LogP contribution in [-0.2, 0) is 21.2 Å². The van der Waals surface area contributed by atoms with E-state index < -0.39 is 9.84 Å². The molecule has 0 radical (unpaired) electrons. The fourth-order valence-corrected chi connectivity index (χ4v) is 4.83. The summed E-state index contributed by atoms with van der Waals surface area (Å²) in [5.41, 5.74) is 2.29. The van der Waals surface area contributed by atoms with Crippen LogP contribution in [0.1, 0.15) is 36.9 Å². The molecule has 0 aliphatic carbocycles. The third kappa shape index (κ3) is 4.53. The van der Waals surface area contributed by atoms with Crippen molar-refractivity contribution in [3.8, 4) is 0 Å². The van der Waals surface area contributed by atoms with Crippen LogP contribution in [-0.4, -0.2) is 33.6 Å². The zero-order chi connectivity index (χ0) is 15.3. The number of ether oxygens (including phenoxy) is 1. The minimum Gasteiger partial charge on any atom is -0.380 e. The Morgan fingerprint density at radius 2 is 2.24 bits per heavy atom. The first-order valence-electron chi connectivity index (χ1n) is 7.57. The third-order valence-electron chi connectivity index (χ3n) is 3.97. The highest BCUT2D eigenvalue weighted by Crippen LogP contribution is 2.32. The van der Waals surface area contributed by atoms with Crippen molar-refractivity contribution in [1.82, 2.24) is 5.32 Å². The lowest BCUT2D eigenvalue weighted by Crippen LogP contribution is -2.30. The summed E-state index contributed by atoms with van der Waals surface area (Å²) in [7, 11) is -1.17. The summed E-state index contributed by atoms with van der Waals surface area (Å²) < 4.78 is 28.7. The quantitative estimate of drug-likeness (QED) is 0.839. The molecule has 5 heteroatoms. The lowest BCUT2D eigenvalue weighted by Gasteiger charge is -2.25. The Labute approximate surface area is 127 Å². The topological polar surface area (TPSA) is 55.4 Å². The van der Waals surface area contributed by atoms with E-state index in [0.29, 0.717) is 18.1 Å². The summed E-state index contributed by atoms with van der Waals surface area (Å²) in [6, 6.07) is 8.38. The van der Waals surface area contributed by atoms with Gasteiger partial charge in [0.2, 0.25) is 0 Å². The number of methoxy groups -OCH3 is 1. The first kappa shape index (κ1) is 16.5. The van der Waals surface area contributed by atoms with E-state index in [4.69, 9.17) is 4.74 Å². The molecule has 1 fully saturated rings. The number of hydrogen-bond donors (Lipinski definition) is 1. The van der Waals surface area contributed by atoms with Crippen LogP contribution in [0.2, 0.25) is 0 Å². The molecule has 1 aromatic rings. The second kappa shape index (κ2) is 7.38. The van der Waals surface area contributed by atoms with Gasteiger partial charge in [0.25, 0.3) is 0 Å². The van der Waals surface area contributed by atoms with Gasteiger partial charge in [-0.25, -0.2) is 8.42 Å². The molecule has 118 valence electrons. The summed E-state index contributed by atoms with van der Waals surface area (Å²) in [6.45, 7) is 3.60. The minimum absolute atomic E-state index is 0.110. The van der Waals surface area contributed by atoms with Gasteiger partial charge in [-0.2, -0.15) is 0 Å². The summed E-state index contributed by atoms with van der Waals surface area (Å²) in [5.74, 6) is 0.780. The minimum atomic E-state index is -2.86. The van der Waals surface area contributed by atoms with Gasteiger partial charge in [0.1, 0.15) is 0 Å². The van der Waals surface area contributed by atoms with Crippen LogP contribution in [0, 0.1) is 5.92 Å². The molecule has 0 spiro atoms. The standard InChI is InChI=1S/C16H25NO3S/c1-3-8-17-16(15-7-9-21(18,19)12-15)14-6-4-5-13(10-14)11-20-2/h4-6,10,15-17H,3,7-9,11-12H2,1-2H3. The summed E-state index contributed by atoms with van der Waals surface area (Å²) in [6.07, 6.45) is 1.78. The SMILES string of the molecule is CCCNC(c1cccc(COC)c1)C1CCS(=O)(=O)C1. The summed E-state index contributed by atoms with van der Waals surface area (Å²) >= 11 is 0.